The molecule has 0 aliphatic carbocycles. The smallest absolute Gasteiger partial charge is 0.0564 e. The highest BCUT2D eigenvalue weighted by atomic mass is 35.5. The Morgan fingerprint density at radius 2 is 1.53 bits per heavy atom. The first-order chi connectivity index (χ1) is 7.20. The number of hydrogen-bond acceptors (Lipinski definition) is 0. The van der Waals surface area contributed by atoms with Gasteiger partial charge in [0.1, 0.15) is 0 Å². The Labute approximate surface area is 103 Å². The number of rotatable bonds is 1. The normalized spacial score (nSPS) is 10.3. The summed E-state index contributed by atoms with van der Waals surface area (Å²) in [5.41, 5.74) is 1.55. The van der Waals surface area contributed by atoms with Crippen LogP contribution in [0, 0.1) is 6.07 Å². The second kappa shape index (κ2) is 4.44. The van der Waals surface area contributed by atoms with Gasteiger partial charge in [0.15, 0.2) is 0 Å². The molecule has 0 aliphatic rings. The highest BCUT2D eigenvalue weighted by Gasteiger charge is 2.10. The summed E-state index contributed by atoms with van der Waals surface area (Å²) in [6, 6.07) is 13.7. The molecule has 0 nitrogen and oxygen atoms in total. The zero-order chi connectivity index (χ0) is 10.8. The lowest BCUT2D eigenvalue weighted by Gasteiger charge is -2.08. The topological polar surface area (TPSA) is 0 Å². The van der Waals surface area contributed by atoms with Crippen molar-refractivity contribution in [2.24, 2.45) is 0 Å². The summed E-state index contributed by atoms with van der Waals surface area (Å²) in [4.78, 5) is 0. The minimum atomic E-state index is 0.521. The molecule has 0 aromatic heterocycles. The van der Waals surface area contributed by atoms with Gasteiger partial charge in [0.2, 0.25) is 0 Å². The third-order valence-electron chi connectivity index (χ3n) is 2.04. The molecule has 0 N–H and O–H groups in total. The zero-order valence-electron chi connectivity index (χ0n) is 7.60. The van der Waals surface area contributed by atoms with E-state index in [0.29, 0.717) is 15.1 Å². The lowest BCUT2D eigenvalue weighted by molar-refractivity contribution is 1.61. The Morgan fingerprint density at radius 1 is 0.867 bits per heavy atom. The SMILES string of the molecule is Clc1[c]cccc1-c1c(Cl)cccc1Cl. The van der Waals surface area contributed by atoms with Crippen LogP contribution in [0.1, 0.15) is 0 Å². The third kappa shape index (κ3) is 2.12. The van der Waals surface area contributed by atoms with Gasteiger partial charge in [-0.25, -0.2) is 0 Å². The summed E-state index contributed by atoms with van der Waals surface area (Å²) >= 11 is 18.2. The molecule has 3 heteroatoms. The van der Waals surface area contributed by atoms with E-state index in [2.05, 4.69) is 6.07 Å². The first-order valence-corrected chi connectivity index (χ1v) is 5.44. The van der Waals surface area contributed by atoms with Crippen LogP contribution < -0.4 is 0 Å². The average molecular weight is 257 g/mol. The highest BCUT2D eigenvalue weighted by molar-refractivity contribution is 6.41. The molecule has 0 amide bonds. The van der Waals surface area contributed by atoms with E-state index >= 15 is 0 Å². The van der Waals surface area contributed by atoms with Crippen LogP contribution in [0.3, 0.4) is 0 Å². The van der Waals surface area contributed by atoms with Crippen LogP contribution in [0.2, 0.25) is 15.1 Å². The van der Waals surface area contributed by atoms with Gasteiger partial charge in [-0.3, -0.25) is 0 Å². The molecule has 0 saturated heterocycles. The maximum Gasteiger partial charge on any atom is 0.0564 e. The van der Waals surface area contributed by atoms with Crippen molar-refractivity contribution in [3.63, 3.8) is 0 Å². The third-order valence-corrected chi connectivity index (χ3v) is 2.98. The molecule has 0 unspecified atom stereocenters. The fourth-order valence-electron chi connectivity index (χ4n) is 1.36. The van der Waals surface area contributed by atoms with Gasteiger partial charge in [-0.05, 0) is 12.1 Å². The van der Waals surface area contributed by atoms with Crippen molar-refractivity contribution in [1.82, 2.24) is 0 Å². The predicted molar refractivity (Wildman–Crippen MR) is 65.7 cm³/mol. The zero-order valence-corrected chi connectivity index (χ0v) is 9.87. The fraction of sp³-hybridized carbons (Fsp3) is 0. The van der Waals surface area contributed by atoms with E-state index in [0.717, 1.165) is 11.1 Å². The summed E-state index contributed by atoms with van der Waals surface area (Å²) in [6.45, 7) is 0. The quantitative estimate of drug-likeness (QED) is 0.665. The highest BCUT2D eigenvalue weighted by Crippen LogP contribution is 2.37. The van der Waals surface area contributed by atoms with Gasteiger partial charge in [0.05, 0.1) is 5.02 Å². The number of benzene rings is 2. The maximum atomic E-state index is 6.08. The Balaban J connectivity index is 2.69. The second-order valence-electron chi connectivity index (χ2n) is 2.99. The molecule has 15 heavy (non-hydrogen) atoms. The average Bonchev–Trinajstić information content (AvgIpc) is 2.20. The molecule has 75 valence electrons. The molecular formula is C12H6Cl3. The minimum absolute atomic E-state index is 0.521. The summed E-state index contributed by atoms with van der Waals surface area (Å²) in [7, 11) is 0. The van der Waals surface area contributed by atoms with Gasteiger partial charge in [-0.1, -0.05) is 59.1 Å². The van der Waals surface area contributed by atoms with E-state index < -0.39 is 0 Å². The molecule has 0 spiro atoms. The molecule has 2 rings (SSSR count). The van der Waals surface area contributed by atoms with Gasteiger partial charge < -0.3 is 0 Å². The summed E-state index contributed by atoms with van der Waals surface area (Å²) in [6.07, 6.45) is 0. The summed E-state index contributed by atoms with van der Waals surface area (Å²) in [5.74, 6) is 0. The molecule has 0 aliphatic heterocycles. The van der Waals surface area contributed by atoms with Crippen molar-refractivity contribution in [3.8, 4) is 11.1 Å². The van der Waals surface area contributed by atoms with Crippen LogP contribution in [0.4, 0.5) is 0 Å². The van der Waals surface area contributed by atoms with E-state index in [-0.39, 0.29) is 0 Å². The molecule has 0 saturated carbocycles. The van der Waals surface area contributed by atoms with Crippen molar-refractivity contribution in [2.75, 3.05) is 0 Å². The van der Waals surface area contributed by atoms with E-state index in [9.17, 15) is 0 Å². The van der Waals surface area contributed by atoms with Crippen LogP contribution >= 0.6 is 34.8 Å². The molecule has 0 fully saturated rings. The van der Waals surface area contributed by atoms with Gasteiger partial charge in [0.25, 0.3) is 0 Å². The maximum absolute atomic E-state index is 6.08. The Bertz CT molecular complexity index is 472. The monoisotopic (exact) mass is 255 g/mol. The number of halogens is 3. The van der Waals surface area contributed by atoms with Gasteiger partial charge in [-0.2, -0.15) is 0 Å². The largest absolute Gasteiger partial charge is 0.0836 e. The van der Waals surface area contributed by atoms with E-state index in [1.54, 1.807) is 24.3 Å². The molecule has 0 atom stereocenters. The molecule has 2 aromatic carbocycles. The van der Waals surface area contributed by atoms with Crippen LogP contribution in [0.15, 0.2) is 36.4 Å². The Kier molecular flexibility index (Phi) is 3.20. The Morgan fingerprint density at radius 3 is 2.13 bits per heavy atom. The van der Waals surface area contributed by atoms with Gasteiger partial charge in [-0.15, -0.1) is 0 Å². The second-order valence-corrected chi connectivity index (χ2v) is 4.19. The molecule has 0 bridgehead atoms. The fourth-order valence-corrected chi connectivity index (χ4v) is 2.19. The first-order valence-electron chi connectivity index (χ1n) is 4.30. The van der Waals surface area contributed by atoms with E-state index in [1.807, 2.05) is 12.1 Å². The Hall–Kier alpha value is -0.690. The summed E-state index contributed by atoms with van der Waals surface area (Å²) in [5, 5.41) is 1.69. The molecular weight excluding hydrogens is 250 g/mol. The van der Waals surface area contributed by atoms with E-state index in [1.165, 1.54) is 0 Å². The molecule has 0 heterocycles. The van der Waals surface area contributed by atoms with Crippen LogP contribution in [0.5, 0.6) is 0 Å². The lowest BCUT2D eigenvalue weighted by atomic mass is 10.1. The first kappa shape index (κ1) is 10.8. The number of hydrogen-bond donors (Lipinski definition) is 0. The van der Waals surface area contributed by atoms with Crippen molar-refractivity contribution in [2.45, 2.75) is 0 Å². The van der Waals surface area contributed by atoms with Crippen molar-refractivity contribution >= 4 is 34.8 Å². The molecule has 1 radical (unpaired) electrons. The van der Waals surface area contributed by atoms with Gasteiger partial charge in [0, 0.05) is 27.2 Å². The standard InChI is InChI=1S/C12H6Cl3/c13-9-5-2-1-4-8(9)12-10(14)6-3-7-11(12)15/h1-4,6-7H. The van der Waals surface area contributed by atoms with Crippen molar-refractivity contribution in [3.05, 3.63) is 57.5 Å². The van der Waals surface area contributed by atoms with Crippen molar-refractivity contribution in [1.29, 1.82) is 0 Å². The predicted octanol–water partition coefficient (Wildman–Crippen LogP) is 5.11. The van der Waals surface area contributed by atoms with Crippen LogP contribution in [0.25, 0.3) is 11.1 Å². The summed E-state index contributed by atoms with van der Waals surface area (Å²) < 4.78 is 0. The van der Waals surface area contributed by atoms with Crippen LogP contribution in [-0.4, -0.2) is 0 Å². The van der Waals surface area contributed by atoms with Gasteiger partial charge >= 0.3 is 0 Å². The lowest BCUT2D eigenvalue weighted by Crippen LogP contribution is -1.82. The minimum Gasteiger partial charge on any atom is -0.0836 e. The van der Waals surface area contributed by atoms with Crippen LogP contribution in [-0.2, 0) is 0 Å². The van der Waals surface area contributed by atoms with Crippen molar-refractivity contribution < 1.29 is 0 Å². The molecule has 2 aromatic rings. The van der Waals surface area contributed by atoms with E-state index in [4.69, 9.17) is 34.8 Å².